The fourth-order valence-electron chi connectivity index (χ4n) is 2.73. The zero-order valence-corrected chi connectivity index (χ0v) is 10.4. The molecular weight excluding hydrogens is 244 g/mol. The molecule has 1 aliphatic rings. The molecule has 0 bridgehead atoms. The number of rotatable bonds is 3. The molecule has 0 amide bonds. The second-order valence-corrected chi connectivity index (χ2v) is 5.08. The van der Waals surface area contributed by atoms with Crippen LogP contribution in [0.4, 0.5) is 8.78 Å². The van der Waals surface area contributed by atoms with Gasteiger partial charge in [-0.15, -0.1) is 0 Å². The summed E-state index contributed by atoms with van der Waals surface area (Å²) < 4.78 is 27.5. The molecule has 0 heterocycles. The van der Waals surface area contributed by atoms with Crippen LogP contribution in [-0.2, 0) is 5.41 Å². The topological polar surface area (TPSA) is 26.0 Å². The standard InChI is InChI=1S/C16H15F2N/c17-16(18)10-15(16,11-19)14-9-5-4-8-13(14)12-6-2-1-3-7-12/h1-9H,10-11,19H2. The van der Waals surface area contributed by atoms with Crippen LogP contribution >= 0.6 is 0 Å². The van der Waals surface area contributed by atoms with Crippen molar-refractivity contribution in [1.29, 1.82) is 0 Å². The van der Waals surface area contributed by atoms with E-state index < -0.39 is 11.3 Å². The first kappa shape index (κ1) is 12.3. The summed E-state index contributed by atoms with van der Waals surface area (Å²) in [5.74, 6) is -2.69. The summed E-state index contributed by atoms with van der Waals surface area (Å²) in [5, 5.41) is 0. The van der Waals surface area contributed by atoms with Gasteiger partial charge in [0.25, 0.3) is 5.92 Å². The van der Waals surface area contributed by atoms with E-state index in [0.717, 1.165) is 11.1 Å². The predicted molar refractivity (Wildman–Crippen MR) is 72.2 cm³/mol. The van der Waals surface area contributed by atoms with Crippen LogP contribution in [0.3, 0.4) is 0 Å². The Balaban J connectivity index is 2.14. The number of benzene rings is 2. The molecule has 3 heteroatoms. The minimum Gasteiger partial charge on any atom is -0.329 e. The number of hydrogen-bond donors (Lipinski definition) is 1. The third-order valence-electron chi connectivity index (χ3n) is 3.97. The maximum Gasteiger partial charge on any atom is 0.260 e. The van der Waals surface area contributed by atoms with Crippen LogP contribution in [0.15, 0.2) is 54.6 Å². The smallest absolute Gasteiger partial charge is 0.260 e. The van der Waals surface area contributed by atoms with Gasteiger partial charge in [0.05, 0.1) is 5.41 Å². The zero-order chi connectivity index (χ0) is 13.5. The molecule has 1 nitrogen and oxygen atoms in total. The molecule has 0 radical (unpaired) electrons. The van der Waals surface area contributed by atoms with E-state index in [1.807, 2.05) is 42.5 Å². The number of nitrogens with two attached hydrogens (primary N) is 1. The lowest BCUT2D eigenvalue weighted by molar-refractivity contribution is 0.0897. The molecule has 1 saturated carbocycles. The Morgan fingerprint density at radius 3 is 2.11 bits per heavy atom. The summed E-state index contributed by atoms with van der Waals surface area (Å²) in [6, 6.07) is 16.9. The fourth-order valence-corrected chi connectivity index (χ4v) is 2.73. The molecule has 0 aliphatic heterocycles. The summed E-state index contributed by atoms with van der Waals surface area (Å²) in [6.45, 7) is -0.0240. The van der Waals surface area contributed by atoms with Gasteiger partial charge in [-0.25, -0.2) is 8.78 Å². The van der Waals surface area contributed by atoms with Gasteiger partial charge in [0.15, 0.2) is 0 Å². The molecule has 0 saturated heterocycles. The van der Waals surface area contributed by atoms with Gasteiger partial charge < -0.3 is 5.73 Å². The van der Waals surface area contributed by atoms with Crippen molar-refractivity contribution in [3.05, 3.63) is 60.2 Å². The Kier molecular flexibility index (Phi) is 2.68. The maximum atomic E-state index is 13.8. The van der Waals surface area contributed by atoms with E-state index in [4.69, 9.17) is 5.73 Å². The number of alkyl halides is 2. The van der Waals surface area contributed by atoms with E-state index in [1.165, 1.54) is 0 Å². The molecule has 1 unspecified atom stereocenters. The maximum absolute atomic E-state index is 13.8. The Morgan fingerprint density at radius 1 is 0.947 bits per heavy atom. The number of halogens is 2. The summed E-state index contributed by atoms with van der Waals surface area (Å²) in [5.41, 5.74) is 6.93. The third-order valence-corrected chi connectivity index (χ3v) is 3.97. The first-order valence-corrected chi connectivity index (χ1v) is 6.33. The molecule has 2 N–H and O–H groups in total. The molecule has 1 aliphatic carbocycles. The summed E-state index contributed by atoms with van der Waals surface area (Å²) in [6.07, 6.45) is -0.152. The van der Waals surface area contributed by atoms with Crippen molar-refractivity contribution in [3.63, 3.8) is 0 Å². The molecule has 1 atom stereocenters. The highest BCUT2D eigenvalue weighted by Gasteiger charge is 2.71. The van der Waals surface area contributed by atoms with Gasteiger partial charge in [0, 0.05) is 13.0 Å². The first-order valence-electron chi connectivity index (χ1n) is 6.33. The van der Waals surface area contributed by atoms with Crippen LogP contribution in [-0.4, -0.2) is 12.5 Å². The van der Waals surface area contributed by atoms with E-state index in [0.29, 0.717) is 5.56 Å². The van der Waals surface area contributed by atoms with Gasteiger partial charge in [-0.05, 0) is 16.7 Å². The number of hydrogen-bond acceptors (Lipinski definition) is 1. The summed E-state index contributed by atoms with van der Waals surface area (Å²) >= 11 is 0. The molecule has 0 aromatic heterocycles. The minimum atomic E-state index is -2.69. The normalized spacial score (nSPS) is 24.2. The van der Waals surface area contributed by atoms with Crippen LogP contribution in [0.25, 0.3) is 11.1 Å². The summed E-state index contributed by atoms with van der Waals surface area (Å²) in [4.78, 5) is 0. The van der Waals surface area contributed by atoms with E-state index >= 15 is 0 Å². The van der Waals surface area contributed by atoms with Crippen molar-refractivity contribution in [3.8, 4) is 11.1 Å². The lowest BCUT2D eigenvalue weighted by atomic mass is 9.87. The van der Waals surface area contributed by atoms with Crippen molar-refractivity contribution >= 4 is 0 Å². The highest BCUT2D eigenvalue weighted by Crippen LogP contribution is 2.62. The van der Waals surface area contributed by atoms with E-state index in [2.05, 4.69) is 0 Å². The summed E-state index contributed by atoms with van der Waals surface area (Å²) in [7, 11) is 0. The van der Waals surface area contributed by atoms with Crippen molar-refractivity contribution in [2.45, 2.75) is 17.8 Å². The SMILES string of the molecule is NCC1(c2ccccc2-c2ccccc2)CC1(F)F. The monoisotopic (exact) mass is 259 g/mol. The van der Waals surface area contributed by atoms with Crippen molar-refractivity contribution in [2.24, 2.45) is 5.73 Å². The largest absolute Gasteiger partial charge is 0.329 e. The second-order valence-electron chi connectivity index (χ2n) is 5.08. The quantitative estimate of drug-likeness (QED) is 0.895. The van der Waals surface area contributed by atoms with Gasteiger partial charge in [-0.2, -0.15) is 0 Å². The Hall–Kier alpha value is -1.74. The van der Waals surface area contributed by atoms with Crippen molar-refractivity contribution < 1.29 is 8.78 Å². The van der Waals surface area contributed by atoms with Crippen molar-refractivity contribution in [2.75, 3.05) is 6.54 Å². The molecule has 2 aromatic rings. The van der Waals surface area contributed by atoms with E-state index in [9.17, 15) is 8.78 Å². The van der Waals surface area contributed by atoms with Crippen molar-refractivity contribution in [1.82, 2.24) is 0 Å². The molecular formula is C16H15F2N. The zero-order valence-electron chi connectivity index (χ0n) is 10.4. The van der Waals surface area contributed by atoms with E-state index in [1.54, 1.807) is 12.1 Å². The average Bonchev–Trinajstić information content (AvgIpc) is 3.03. The van der Waals surface area contributed by atoms with Crippen LogP contribution in [0.2, 0.25) is 0 Å². The van der Waals surface area contributed by atoms with Gasteiger partial charge in [0.2, 0.25) is 0 Å². The van der Waals surface area contributed by atoms with Gasteiger partial charge >= 0.3 is 0 Å². The molecule has 3 rings (SSSR count). The first-order chi connectivity index (χ1) is 9.11. The Morgan fingerprint density at radius 2 is 1.53 bits per heavy atom. The third kappa shape index (κ3) is 1.77. The minimum absolute atomic E-state index is 0.0240. The second kappa shape index (κ2) is 4.14. The Bertz CT molecular complexity index is 595. The molecule has 1 fully saturated rings. The van der Waals surface area contributed by atoms with Crippen LogP contribution in [0.1, 0.15) is 12.0 Å². The van der Waals surface area contributed by atoms with Crippen LogP contribution < -0.4 is 5.73 Å². The lowest BCUT2D eigenvalue weighted by Gasteiger charge is -2.19. The highest BCUT2D eigenvalue weighted by molar-refractivity contribution is 5.70. The highest BCUT2D eigenvalue weighted by atomic mass is 19.3. The van der Waals surface area contributed by atoms with E-state index in [-0.39, 0.29) is 13.0 Å². The molecule has 2 aromatic carbocycles. The predicted octanol–water partition coefficient (Wildman–Crippen LogP) is 3.59. The van der Waals surface area contributed by atoms with Gasteiger partial charge in [-0.1, -0.05) is 54.6 Å². The van der Waals surface area contributed by atoms with Gasteiger partial charge in [0.1, 0.15) is 0 Å². The molecule has 19 heavy (non-hydrogen) atoms. The molecule has 98 valence electrons. The molecule has 0 spiro atoms. The average molecular weight is 259 g/mol. The van der Waals surface area contributed by atoms with Crippen LogP contribution in [0, 0.1) is 0 Å². The van der Waals surface area contributed by atoms with Crippen LogP contribution in [0.5, 0.6) is 0 Å². The lowest BCUT2D eigenvalue weighted by Crippen LogP contribution is -2.27. The fraction of sp³-hybridized carbons (Fsp3) is 0.250. The van der Waals surface area contributed by atoms with Gasteiger partial charge in [-0.3, -0.25) is 0 Å². The Labute approximate surface area is 111 Å².